The predicted molar refractivity (Wildman–Crippen MR) is 81.1 cm³/mol. The van der Waals surface area contributed by atoms with Crippen molar-refractivity contribution >= 4 is 0 Å². The molecule has 2 atom stereocenters. The average Bonchev–Trinajstić information content (AvgIpc) is 2.81. The molecule has 0 saturated heterocycles. The van der Waals surface area contributed by atoms with Gasteiger partial charge >= 0.3 is 0 Å². The number of nitrogens with zero attached hydrogens (tertiary/aromatic N) is 2. The summed E-state index contributed by atoms with van der Waals surface area (Å²) in [7, 11) is 3.63. The highest BCUT2D eigenvalue weighted by Crippen LogP contribution is 2.36. The summed E-state index contributed by atoms with van der Waals surface area (Å²) in [6, 6.07) is 0.0508. The maximum atomic E-state index is 6.06. The van der Waals surface area contributed by atoms with Gasteiger partial charge in [-0.2, -0.15) is 5.10 Å². The Balaban J connectivity index is 3.19. The molecule has 0 aromatic carbocycles. The van der Waals surface area contributed by atoms with E-state index in [0.29, 0.717) is 6.61 Å². The fourth-order valence-corrected chi connectivity index (χ4v) is 2.52. The van der Waals surface area contributed by atoms with E-state index in [4.69, 9.17) is 9.47 Å². The zero-order valence-electron chi connectivity index (χ0n) is 13.7. The normalized spacial score (nSPS) is 15.9. The summed E-state index contributed by atoms with van der Waals surface area (Å²) >= 11 is 0. The van der Waals surface area contributed by atoms with Crippen LogP contribution in [-0.4, -0.2) is 35.6 Å². The van der Waals surface area contributed by atoms with E-state index in [1.54, 1.807) is 13.3 Å². The van der Waals surface area contributed by atoms with Crippen LogP contribution in [0, 0.1) is 0 Å². The second kappa shape index (κ2) is 7.64. The van der Waals surface area contributed by atoms with Gasteiger partial charge in [0.15, 0.2) is 5.75 Å². The van der Waals surface area contributed by atoms with Crippen LogP contribution in [0.5, 0.6) is 5.75 Å². The van der Waals surface area contributed by atoms with Crippen LogP contribution in [0.2, 0.25) is 0 Å². The molecular formula is C15H29N3O2. The molecule has 5 heteroatoms. The van der Waals surface area contributed by atoms with Crippen molar-refractivity contribution in [1.29, 1.82) is 0 Å². The summed E-state index contributed by atoms with van der Waals surface area (Å²) in [5.74, 6) is 0.806. The monoisotopic (exact) mass is 283 g/mol. The summed E-state index contributed by atoms with van der Waals surface area (Å²) in [5, 5.41) is 7.92. The lowest BCUT2D eigenvalue weighted by Gasteiger charge is -2.37. The van der Waals surface area contributed by atoms with E-state index in [1.807, 2.05) is 18.7 Å². The number of hydrogen-bond donors (Lipinski definition) is 1. The van der Waals surface area contributed by atoms with Crippen LogP contribution >= 0.6 is 0 Å². The Labute approximate surface area is 122 Å². The molecule has 20 heavy (non-hydrogen) atoms. The molecule has 0 bridgehead atoms. The Morgan fingerprint density at radius 1 is 1.40 bits per heavy atom. The van der Waals surface area contributed by atoms with Crippen molar-refractivity contribution in [2.24, 2.45) is 7.05 Å². The maximum absolute atomic E-state index is 6.06. The minimum atomic E-state index is -0.287. The molecular weight excluding hydrogens is 254 g/mol. The molecule has 0 aliphatic carbocycles. The first-order valence-corrected chi connectivity index (χ1v) is 7.47. The zero-order chi connectivity index (χ0) is 15.2. The number of rotatable bonds is 9. The highest BCUT2D eigenvalue weighted by molar-refractivity contribution is 5.30. The number of nitrogens with one attached hydrogen (secondary N) is 1. The molecule has 0 radical (unpaired) electrons. The lowest BCUT2D eigenvalue weighted by Crippen LogP contribution is -2.45. The van der Waals surface area contributed by atoms with Gasteiger partial charge in [0, 0.05) is 13.7 Å². The van der Waals surface area contributed by atoms with E-state index in [1.165, 1.54) is 0 Å². The Kier molecular flexibility index (Phi) is 6.49. The second-order valence-corrected chi connectivity index (χ2v) is 5.21. The molecule has 1 aromatic rings. The first kappa shape index (κ1) is 17.0. The number of aryl methyl sites for hydroxylation is 1. The van der Waals surface area contributed by atoms with Crippen molar-refractivity contribution in [3.8, 4) is 5.75 Å². The molecule has 0 saturated carbocycles. The highest BCUT2D eigenvalue weighted by Gasteiger charge is 2.37. The first-order valence-electron chi connectivity index (χ1n) is 7.47. The SMILES string of the molecule is CCCNC(c1c(OC)cnn1C)C(C)(CC)OCC. The third kappa shape index (κ3) is 3.52. The minimum Gasteiger partial charge on any atom is -0.493 e. The zero-order valence-corrected chi connectivity index (χ0v) is 13.7. The quantitative estimate of drug-likeness (QED) is 0.757. The fourth-order valence-electron chi connectivity index (χ4n) is 2.52. The molecule has 0 fully saturated rings. The van der Waals surface area contributed by atoms with Crippen LogP contribution < -0.4 is 10.1 Å². The molecule has 1 aromatic heterocycles. The van der Waals surface area contributed by atoms with Crippen LogP contribution in [0.1, 0.15) is 52.3 Å². The van der Waals surface area contributed by atoms with E-state index in [-0.39, 0.29) is 11.6 Å². The topological polar surface area (TPSA) is 48.3 Å². The lowest BCUT2D eigenvalue weighted by molar-refractivity contribution is -0.0584. The molecule has 1 N–H and O–H groups in total. The van der Waals surface area contributed by atoms with Gasteiger partial charge in [-0.05, 0) is 33.2 Å². The Bertz CT molecular complexity index is 406. The van der Waals surface area contributed by atoms with E-state index in [9.17, 15) is 0 Å². The number of methoxy groups -OCH3 is 1. The van der Waals surface area contributed by atoms with Gasteiger partial charge in [-0.15, -0.1) is 0 Å². The Morgan fingerprint density at radius 2 is 2.10 bits per heavy atom. The van der Waals surface area contributed by atoms with Crippen molar-refractivity contribution in [1.82, 2.24) is 15.1 Å². The molecule has 5 nitrogen and oxygen atoms in total. The molecule has 0 spiro atoms. The molecule has 1 heterocycles. The highest BCUT2D eigenvalue weighted by atomic mass is 16.5. The summed E-state index contributed by atoms with van der Waals surface area (Å²) in [6.45, 7) is 10.1. The van der Waals surface area contributed by atoms with Crippen molar-refractivity contribution < 1.29 is 9.47 Å². The Hall–Kier alpha value is -1.07. The molecule has 2 unspecified atom stereocenters. The maximum Gasteiger partial charge on any atom is 0.161 e. The summed E-state index contributed by atoms with van der Waals surface area (Å²) in [6.07, 6.45) is 3.75. The van der Waals surface area contributed by atoms with Crippen molar-refractivity contribution in [2.75, 3.05) is 20.3 Å². The third-order valence-electron chi connectivity index (χ3n) is 3.83. The summed E-state index contributed by atoms with van der Waals surface area (Å²) in [4.78, 5) is 0. The predicted octanol–water partition coefficient (Wildman–Crippen LogP) is 2.67. The number of ether oxygens (including phenoxy) is 2. The largest absolute Gasteiger partial charge is 0.493 e. The number of hydrogen-bond acceptors (Lipinski definition) is 4. The minimum absolute atomic E-state index is 0.0508. The summed E-state index contributed by atoms with van der Waals surface area (Å²) in [5.41, 5.74) is 0.754. The van der Waals surface area contributed by atoms with Gasteiger partial charge in [-0.3, -0.25) is 4.68 Å². The van der Waals surface area contributed by atoms with Crippen LogP contribution in [0.3, 0.4) is 0 Å². The van der Waals surface area contributed by atoms with Gasteiger partial charge in [0.2, 0.25) is 0 Å². The Morgan fingerprint density at radius 3 is 2.60 bits per heavy atom. The van der Waals surface area contributed by atoms with Crippen molar-refractivity contribution in [3.63, 3.8) is 0 Å². The smallest absolute Gasteiger partial charge is 0.161 e. The number of aromatic nitrogens is 2. The standard InChI is InChI=1S/C15H29N3O2/c1-7-10-16-14(15(4,8-2)20-9-3)13-12(19-6)11-17-18(13)5/h11,14,16H,7-10H2,1-6H3. The van der Waals surface area contributed by atoms with Gasteiger partial charge in [0.25, 0.3) is 0 Å². The van der Waals surface area contributed by atoms with E-state index in [2.05, 4.69) is 31.2 Å². The van der Waals surface area contributed by atoms with Gasteiger partial charge in [0.05, 0.1) is 30.6 Å². The van der Waals surface area contributed by atoms with Crippen molar-refractivity contribution in [3.05, 3.63) is 11.9 Å². The van der Waals surface area contributed by atoms with Gasteiger partial charge in [-0.25, -0.2) is 0 Å². The second-order valence-electron chi connectivity index (χ2n) is 5.21. The summed E-state index contributed by atoms with van der Waals surface area (Å²) < 4.78 is 13.4. The van der Waals surface area contributed by atoms with Crippen molar-refractivity contribution in [2.45, 2.75) is 52.2 Å². The average molecular weight is 283 g/mol. The first-order chi connectivity index (χ1) is 9.53. The van der Waals surface area contributed by atoms with E-state index in [0.717, 1.165) is 30.8 Å². The van der Waals surface area contributed by atoms with Gasteiger partial charge in [-0.1, -0.05) is 13.8 Å². The van der Waals surface area contributed by atoms with E-state index < -0.39 is 0 Å². The molecule has 116 valence electrons. The third-order valence-corrected chi connectivity index (χ3v) is 3.83. The fraction of sp³-hybridized carbons (Fsp3) is 0.800. The molecule has 0 aliphatic heterocycles. The lowest BCUT2D eigenvalue weighted by atomic mass is 9.90. The van der Waals surface area contributed by atoms with Gasteiger partial charge < -0.3 is 14.8 Å². The van der Waals surface area contributed by atoms with Crippen LogP contribution in [0.25, 0.3) is 0 Å². The molecule has 0 aliphatic rings. The van der Waals surface area contributed by atoms with Crippen LogP contribution in [0.15, 0.2) is 6.20 Å². The van der Waals surface area contributed by atoms with Crippen LogP contribution in [-0.2, 0) is 11.8 Å². The molecule has 1 rings (SSSR count). The van der Waals surface area contributed by atoms with Gasteiger partial charge in [0.1, 0.15) is 0 Å². The molecule has 0 amide bonds. The van der Waals surface area contributed by atoms with Crippen LogP contribution in [0.4, 0.5) is 0 Å². The van der Waals surface area contributed by atoms with E-state index >= 15 is 0 Å².